The fourth-order valence-corrected chi connectivity index (χ4v) is 2.82. The van der Waals surface area contributed by atoms with Gasteiger partial charge >= 0.3 is 0 Å². The van der Waals surface area contributed by atoms with E-state index in [-0.39, 0.29) is 11.5 Å². The molecule has 0 bridgehead atoms. The monoisotopic (exact) mass is 288 g/mol. The highest BCUT2D eigenvalue weighted by atomic mass is 35.5. The topological polar surface area (TPSA) is 18.5 Å². The number of hydrogen-bond donors (Lipinski definition) is 0. The molecule has 0 saturated heterocycles. The molecule has 104 valence electrons. The van der Waals surface area contributed by atoms with Gasteiger partial charge in [0.25, 0.3) is 0 Å². The second kappa shape index (κ2) is 5.37. The predicted molar refractivity (Wildman–Crippen MR) is 80.7 cm³/mol. The molecule has 0 N–H and O–H groups in total. The molecule has 0 aliphatic carbocycles. The Hall–Kier alpha value is -1.67. The maximum Gasteiger partial charge on any atom is 0.125 e. The average Bonchev–Trinajstić information content (AvgIpc) is 2.57. The zero-order valence-electron chi connectivity index (χ0n) is 11.6. The number of fused-ring (bicyclic) bond motifs is 2. The van der Waals surface area contributed by atoms with E-state index in [1.165, 1.54) is 0 Å². The van der Waals surface area contributed by atoms with E-state index >= 15 is 0 Å². The molecule has 0 aromatic heterocycles. The van der Waals surface area contributed by atoms with Crippen LogP contribution in [0.4, 0.5) is 0 Å². The van der Waals surface area contributed by atoms with Crippen LogP contribution in [0, 0.1) is 0 Å². The fourth-order valence-electron chi connectivity index (χ4n) is 2.44. The van der Waals surface area contributed by atoms with Gasteiger partial charge in [-0.05, 0) is 43.2 Å². The molecule has 0 spiro atoms. The highest BCUT2D eigenvalue weighted by Gasteiger charge is 2.23. The Balaban J connectivity index is 2.04. The van der Waals surface area contributed by atoms with Crippen molar-refractivity contribution < 1.29 is 9.47 Å². The molecule has 20 heavy (non-hydrogen) atoms. The molecule has 1 aliphatic rings. The molecule has 3 rings (SSSR count). The lowest BCUT2D eigenvalue weighted by molar-refractivity contribution is 0.241. The lowest BCUT2D eigenvalue weighted by Crippen LogP contribution is -2.06. The highest BCUT2D eigenvalue weighted by Crippen LogP contribution is 2.41. The van der Waals surface area contributed by atoms with Crippen molar-refractivity contribution in [1.82, 2.24) is 0 Å². The van der Waals surface area contributed by atoms with E-state index in [0.29, 0.717) is 6.61 Å². The molecule has 3 heteroatoms. The van der Waals surface area contributed by atoms with Gasteiger partial charge in [0.2, 0.25) is 0 Å². The predicted octanol–water partition coefficient (Wildman–Crippen LogP) is 4.69. The molecule has 1 atom stereocenters. The van der Waals surface area contributed by atoms with Crippen molar-refractivity contribution in [2.24, 2.45) is 0 Å². The Labute approximate surface area is 124 Å². The van der Waals surface area contributed by atoms with Gasteiger partial charge in [0.15, 0.2) is 0 Å². The molecule has 2 aromatic rings. The molecule has 0 amide bonds. The summed E-state index contributed by atoms with van der Waals surface area (Å²) in [6.07, 6.45) is 0.140. The average molecular weight is 289 g/mol. The minimum absolute atomic E-state index is 0.140. The molecule has 0 radical (unpaired) electrons. The summed E-state index contributed by atoms with van der Waals surface area (Å²) in [7, 11) is 0. The number of rotatable bonds is 2. The first-order valence-electron chi connectivity index (χ1n) is 6.80. The zero-order valence-corrected chi connectivity index (χ0v) is 12.4. The van der Waals surface area contributed by atoms with Crippen LogP contribution in [0.3, 0.4) is 0 Å². The molecule has 0 saturated carbocycles. The van der Waals surface area contributed by atoms with Crippen molar-refractivity contribution in [3.63, 3.8) is 0 Å². The van der Waals surface area contributed by atoms with Gasteiger partial charge in [-0.3, -0.25) is 0 Å². The van der Waals surface area contributed by atoms with Crippen LogP contribution in [0.1, 0.15) is 35.9 Å². The summed E-state index contributed by atoms with van der Waals surface area (Å²) in [6.45, 7) is 4.57. The van der Waals surface area contributed by atoms with Crippen LogP contribution in [-0.4, -0.2) is 6.10 Å². The van der Waals surface area contributed by atoms with Crippen LogP contribution >= 0.6 is 11.6 Å². The summed E-state index contributed by atoms with van der Waals surface area (Å²) < 4.78 is 11.6. The fraction of sp³-hybridized carbons (Fsp3) is 0.294. The third kappa shape index (κ3) is 2.48. The van der Waals surface area contributed by atoms with E-state index in [2.05, 4.69) is 12.1 Å². The van der Waals surface area contributed by atoms with E-state index in [9.17, 15) is 0 Å². The van der Waals surface area contributed by atoms with Gasteiger partial charge in [-0.2, -0.15) is 0 Å². The lowest BCUT2D eigenvalue weighted by Gasteiger charge is -2.15. The Morgan fingerprint density at radius 3 is 2.75 bits per heavy atom. The van der Waals surface area contributed by atoms with Crippen molar-refractivity contribution in [3.8, 4) is 11.5 Å². The van der Waals surface area contributed by atoms with Gasteiger partial charge < -0.3 is 9.47 Å². The van der Waals surface area contributed by atoms with Gasteiger partial charge in [-0.25, -0.2) is 0 Å². The molecule has 0 fully saturated rings. The molecule has 2 aromatic carbocycles. The number of ether oxygens (including phenoxy) is 2. The second-order valence-corrected chi connectivity index (χ2v) is 5.65. The summed E-state index contributed by atoms with van der Waals surface area (Å²) in [5, 5.41) is -0.209. The van der Waals surface area contributed by atoms with Crippen LogP contribution < -0.4 is 9.47 Å². The van der Waals surface area contributed by atoms with Crippen molar-refractivity contribution >= 4 is 11.6 Å². The second-order valence-electron chi connectivity index (χ2n) is 5.22. The van der Waals surface area contributed by atoms with Crippen LogP contribution in [0.15, 0.2) is 42.5 Å². The first-order chi connectivity index (χ1) is 9.65. The molecule has 1 unspecified atom stereocenters. The summed E-state index contributed by atoms with van der Waals surface area (Å²) >= 11 is 6.66. The van der Waals surface area contributed by atoms with Crippen LogP contribution in [0.5, 0.6) is 11.5 Å². The zero-order chi connectivity index (χ0) is 14.1. The van der Waals surface area contributed by atoms with Gasteiger partial charge in [0.1, 0.15) is 18.1 Å². The van der Waals surface area contributed by atoms with Gasteiger partial charge in [-0.1, -0.05) is 24.3 Å². The van der Waals surface area contributed by atoms with Crippen LogP contribution in [0.25, 0.3) is 0 Å². The molecule has 2 nitrogen and oxygen atoms in total. The standard InChI is InChI=1S/C17H17ClO2/c1-11(2)20-13-7-8-16-15(9-13)17(18)14-6-4-3-5-12(14)10-19-16/h3-9,11,17H,10H2,1-2H3. The van der Waals surface area contributed by atoms with Crippen molar-refractivity contribution in [3.05, 3.63) is 59.2 Å². The van der Waals surface area contributed by atoms with Crippen molar-refractivity contribution in [2.75, 3.05) is 0 Å². The maximum absolute atomic E-state index is 6.66. The summed E-state index contributed by atoms with van der Waals surface area (Å²) in [6, 6.07) is 14.0. The van der Waals surface area contributed by atoms with Gasteiger partial charge in [0, 0.05) is 5.56 Å². The third-order valence-electron chi connectivity index (χ3n) is 3.34. The lowest BCUT2D eigenvalue weighted by atomic mass is 10.00. The summed E-state index contributed by atoms with van der Waals surface area (Å²) in [5.74, 6) is 1.66. The minimum Gasteiger partial charge on any atom is -0.491 e. The van der Waals surface area contributed by atoms with E-state index in [4.69, 9.17) is 21.1 Å². The quantitative estimate of drug-likeness (QED) is 0.746. The largest absolute Gasteiger partial charge is 0.491 e. The highest BCUT2D eigenvalue weighted by molar-refractivity contribution is 6.23. The molecular weight excluding hydrogens is 272 g/mol. The first-order valence-corrected chi connectivity index (χ1v) is 7.24. The van der Waals surface area contributed by atoms with Crippen molar-refractivity contribution in [1.29, 1.82) is 0 Å². The third-order valence-corrected chi connectivity index (χ3v) is 3.81. The number of benzene rings is 2. The van der Waals surface area contributed by atoms with Crippen molar-refractivity contribution in [2.45, 2.75) is 31.9 Å². The first kappa shape index (κ1) is 13.3. The van der Waals surface area contributed by atoms with Crippen LogP contribution in [0.2, 0.25) is 0 Å². The smallest absolute Gasteiger partial charge is 0.125 e. The normalized spacial score (nSPS) is 16.9. The summed E-state index contributed by atoms with van der Waals surface area (Å²) in [4.78, 5) is 0. The number of halogens is 1. The SMILES string of the molecule is CC(C)Oc1ccc2c(c1)C(Cl)c1ccccc1CO2. The Bertz CT molecular complexity index is 622. The van der Waals surface area contributed by atoms with E-state index in [1.807, 2.05) is 44.2 Å². The van der Waals surface area contributed by atoms with Gasteiger partial charge in [-0.15, -0.1) is 11.6 Å². The minimum atomic E-state index is -0.209. The molecular formula is C17H17ClO2. The van der Waals surface area contributed by atoms with Crippen LogP contribution in [-0.2, 0) is 6.61 Å². The number of alkyl halides is 1. The number of hydrogen-bond acceptors (Lipinski definition) is 2. The van der Waals surface area contributed by atoms with Gasteiger partial charge in [0.05, 0.1) is 11.5 Å². The Morgan fingerprint density at radius 2 is 1.95 bits per heavy atom. The summed E-state index contributed by atoms with van der Waals surface area (Å²) in [5.41, 5.74) is 3.21. The van der Waals surface area contributed by atoms with E-state index in [0.717, 1.165) is 28.2 Å². The molecule has 1 heterocycles. The Morgan fingerprint density at radius 1 is 1.15 bits per heavy atom. The Kier molecular flexibility index (Phi) is 3.58. The molecule has 1 aliphatic heterocycles. The van der Waals surface area contributed by atoms with E-state index < -0.39 is 0 Å². The van der Waals surface area contributed by atoms with E-state index in [1.54, 1.807) is 0 Å². The maximum atomic E-state index is 6.66.